The van der Waals surface area contributed by atoms with Gasteiger partial charge in [0.05, 0.1) is 22.3 Å². The standard InChI is InChI=1S/C16H18N8O3/c1-10-14(16-18-15(20-27-16)13-9-17-6-7-22(13)2)19-21-23(10)11-4-3-5-12(8-11)24(25)26/h3-5,8,13,17H,6-7,9H2,1-2H3. The van der Waals surface area contributed by atoms with Crippen LogP contribution in [-0.4, -0.2) is 61.6 Å². The van der Waals surface area contributed by atoms with Gasteiger partial charge in [-0.25, -0.2) is 4.68 Å². The minimum absolute atomic E-state index is 0.0168. The molecule has 1 aliphatic rings. The molecule has 1 saturated heterocycles. The van der Waals surface area contributed by atoms with Gasteiger partial charge in [-0.1, -0.05) is 16.4 Å². The summed E-state index contributed by atoms with van der Waals surface area (Å²) in [6.45, 7) is 4.37. The van der Waals surface area contributed by atoms with Gasteiger partial charge in [0.1, 0.15) is 0 Å². The number of piperazine rings is 1. The van der Waals surface area contributed by atoms with Crippen LogP contribution in [0.25, 0.3) is 17.3 Å². The fourth-order valence-corrected chi connectivity index (χ4v) is 3.07. The average molecular weight is 370 g/mol. The highest BCUT2D eigenvalue weighted by molar-refractivity contribution is 5.52. The molecule has 1 atom stereocenters. The van der Waals surface area contributed by atoms with Crippen molar-refractivity contribution in [3.63, 3.8) is 0 Å². The Hall–Kier alpha value is -3.18. The van der Waals surface area contributed by atoms with Crippen LogP contribution < -0.4 is 5.32 Å². The molecule has 0 bridgehead atoms. The highest BCUT2D eigenvalue weighted by Gasteiger charge is 2.27. The van der Waals surface area contributed by atoms with Crippen molar-refractivity contribution in [2.24, 2.45) is 0 Å². The fraction of sp³-hybridized carbons (Fsp3) is 0.375. The van der Waals surface area contributed by atoms with E-state index in [0.29, 0.717) is 22.9 Å². The van der Waals surface area contributed by atoms with E-state index in [1.807, 2.05) is 7.05 Å². The Morgan fingerprint density at radius 3 is 3.04 bits per heavy atom. The van der Waals surface area contributed by atoms with Gasteiger partial charge in [-0.15, -0.1) is 5.10 Å². The molecule has 11 nitrogen and oxygen atoms in total. The van der Waals surface area contributed by atoms with Gasteiger partial charge >= 0.3 is 0 Å². The van der Waals surface area contributed by atoms with E-state index in [4.69, 9.17) is 4.52 Å². The van der Waals surface area contributed by atoms with Gasteiger partial charge in [-0.05, 0) is 20.0 Å². The van der Waals surface area contributed by atoms with Crippen molar-refractivity contribution < 1.29 is 9.45 Å². The van der Waals surface area contributed by atoms with Crippen molar-refractivity contribution in [3.8, 4) is 17.3 Å². The predicted molar refractivity (Wildman–Crippen MR) is 94.3 cm³/mol. The Kier molecular flexibility index (Phi) is 4.38. The van der Waals surface area contributed by atoms with Crippen LogP contribution in [0.3, 0.4) is 0 Å². The molecule has 0 amide bonds. The first-order valence-electron chi connectivity index (χ1n) is 8.46. The van der Waals surface area contributed by atoms with Crippen molar-refractivity contribution in [1.29, 1.82) is 0 Å². The van der Waals surface area contributed by atoms with Crippen LogP contribution in [0.4, 0.5) is 5.69 Å². The van der Waals surface area contributed by atoms with E-state index in [1.165, 1.54) is 16.8 Å². The van der Waals surface area contributed by atoms with Crippen LogP contribution in [0.15, 0.2) is 28.8 Å². The molecular formula is C16H18N8O3. The van der Waals surface area contributed by atoms with E-state index in [1.54, 1.807) is 19.1 Å². The number of likely N-dealkylation sites (N-methyl/N-ethyl adjacent to an activating group) is 1. The normalized spacial score (nSPS) is 17.9. The summed E-state index contributed by atoms with van der Waals surface area (Å²) in [5.74, 6) is 0.863. The molecule has 1 aromatic carbocycles. The Morgan fingerprint density at radius 1 is 1.41 bits per heavy atom. The Balaban J connectivity index is 1.65. The fourth-order valence-electron chi connectivity index (χ4n) is 3.07. The quantitative estimate of drug-likeness (QED) is 0.530. The second-order valence-corrected chi connectivity index (χ2v) is 6.37. The van der Waals surface area contributed by atoms with Crippen LogP contribution in [0.5, 0.6) is 0 Å². The minimum Gasteiger partial charge on any atom is -0.332 e. The molecule has 1 N–H and O–H groups in total. The second-order valence-electron chi connectivity index (χ2n) is 6.37. The molecule has 0 aliphatic carbocycles. The summed E-state index contributed by atoms with van der Waals surface area (Å²) in [6.07, 6.45) is 0. The lowest BCUT2D eigenvalue weighted by molar-refractivity contribution is -0.384. The maximum atomic E-state index is 11.0. The van der Waals surface area contributed by atoms with Gasteiger partial charge in [0.2, 0.25) is 0 Å². The maximum Gasteiger partial charge on any atom is 0.280 e. The molecule has 0 radical (unpaired) electrons. The molecule has 1 unspecified atom stereocenters. The number of non-ortho nitro benzene ring substituents is 1. The zero-order valence-corrected chi connectivity index (χ0v) is 14.9. The van der Waals surface area contributed by atoms with Gasteiger partial charge in [0, 0.05) is 31.8 Å². The first kappa shape index (κ1) is 17.2. The molecule has 27 heavy (non-hydrogen) atoms. The summed E-state index contributed by atoms with van der Waals surface area (Å²) >= 11 is 0. The van der Waals surface area contributed by atoms with Crippen molar-refractivity contribution in [2.45, 2.75) is 13.0 Å². The number of hydrogen-bond acceptors (Lipinski definition) is 9. The van der Waals surface area contributed by atoms with Crippen molar-refractivity contribution in [3.05, 3.63) is 45.9 Å². The van der Waals surface area contributed by atoms with Gasteiger partial charge in [0.25, 0.3) is 11.6 Å². The predicted octanol–water partition coefficient (Wildman–Crippen LogP) is 1.11. The summed E-state index contributed by atoms with van der Waals surface area (Å²) in [7, 11) is 2.02. The van der Waals surface area contributed by atoms with Gasteiger partial charge in [-0.3, -0.25) is 15.0 Å². The Bertz CT molecular complexity index is 982. The second kappa shape index (κ2) is 6.85. The van der Waals surface area contributed by atoms with Crippen LogP contribution in [0.1, 0.15) is 17.6 Å². The van der Waals surface area contributed by atoms with E-state index < -0.39 is 4.92 Å². The third-order valence-corrected chi connectivity index (χ3v) is 4.63. The molecule has 0 spiro atoms. The SMILES string of the molecule is Cc1c(-c2nc(C3CNCCN3C)no2)nnn1-c1cccc([N+](=O)[O-])c1. The summed E-state index contributed by atoms with van der Waals surface area (Å²) in [6, 6.07) is 6.22. The third kappa shape index (κ3) is 3.17. The molecule has 0 saturated carbocycles. The minimum atomic E-state index is -0.449. The number of nitrogens with one attached hydrogen (secondary N) is 1. The highest BCUT2D eigenvalue weighted by Crippen LogP contribution is 2.25. The monoisotopic (exact) mass is 370 g/mol. The number of rotatable bonds is 4. The molecule has 11 heteroatoms. The lowest BCUT2D eigenvalue weighted by atomic mass is 10.2. The summed E-state index contributed by atoms with van der Waals surface area (Å²) in [5.41, 5.74) is 1.63. The molecule has 1 fully saturated rings. The largest absolute Gasteiger partial charge is 0.332 e. The van der Waals surface area contributed by atoms with Gasteiger partial charge in [0.15, 0.2) is 11.5 Å². The van der Waals surface area contributed by atoms with E-state index >= 15 is 0 Å². The zero-order valence-electron chi connectivity index (χ0n) is 14.9. The molecule has 4 rings (SSSR count). The van der Waals surface area contributed by atoms with E-state index in [0.717, 1.165) is 19.6 Å². The first-order valence-corrected chi connectivity index (χ1v) is 8.46. The molecule has 1 aliphatic heterocycles. The molecule has 140 valence electrons. The molecule has 3 heterocycles. The lowest BCUT2D eigenvalue weighted by Crippen LogP contribution is -2.44. The number of aromatic nitrogens is 5. The Labute approximate surface area is 154 Å². The summed E-state index contributed by atoms with van der Waals surface area (Å²) in [4.78, 5) is 17.2. The zero-order chi connectivity index (χ0) is 19.0. The number of hydrogen-bond donors (Lipinski definition) is 1. The summed E-state index contributed by atoms with van der Waals surface area (Å²) < 4.78 is 6.92. The number of nitro benzene ring substituents is 1. The van der Waals surface area contributed by atoms with Crippen LogP contribution in [0, 0.1) is 17.0 Å². The average Bonchev–Trinajstić information content (AvgIpc) is 3.29. The summed E-state index contributed by atoms with van der Waals surface area (Å²) in [5, 5.41) is 26.6. The topological polar surface area (TPSA) is 128 Å². The van der Waals surface area contributed by atoms with Crippen LogP contribution in [-0.2, 0) is 0 Å². The van der Waals surface area contributed by atoms with E-state index in [2.05, 4.69) is 30.7 Å². The van der Waals surface area contributed by atoms with E-state index in [-0.39, 0.29) is 17.6 Å². The first-order chi connectivity index (χ1) is 13.0. The maximum absolute atomic E-state index is 11.0. The van der Waals surface area contributed by atoms with E-state index in [9.17, 15) is 10.1 Å². The number of benzene rings is 1. The molecular weight excluding hydrogens is 352 g/mol. The molecule has 2 aromatic heterocycles. The third-order valence-electron chi connectivity index (χ3n) is 4.63. The van der Waals surface area contributed by atoms with Gasteiger partial charge < -0.3 is 9.84 Å². The number of nitrogens with zero attached hydrogens (tertiary/aromatic N) is 7. The Morgan fingerprint density at radius 2 is 2.26 bits per heavy atom. The van der Waals surface area contributed by atoms with Crippen molar-refractivity contribution >= 4 is 5.69 Å². The smallest absolute Gasteiger partial charge is 0.280 e. The lowest BCUT2D eigenvalue weighted by Gasteiger charge is -2.30. The van der Waals surface area contributed by atoms with Crippen molar-refractivity contribution in [1.82, 2.24) is 35.4 Å². The highest BCUT2D eigenvalue weighted by atomic mass is 16.6. The van der Waals surface area contributed by atoms with Crippen LogP contribution in [0.2, 0.25) is 0 Å². The molecule has 3 aromatic rings. The number of nitro groups is 1. The van der Waals surface area contributed by atoms with Gasteiger partial charge in [-0.2, -0.15) is 4.98 Å². The van der Waals surface area contributed by atoms with Crippen LogP contribution >= 0.6 is 0 Å². The van der Waals surface area contributed by atoms with Crippen molar-refractivity contribution in [2.75, 3.05) is 26.7 Å².